The molecule has 1 aliphatic heterocycles. The van der Waals surface area contributed by atoms with Crippen molar-refractivity contribution in [1.29, 1.82) is 0 Å². The van der Waals surface area contributed by atoms with Gasteiger partial charge in [0.25, 0.3) is 0 Å². The number of hydrogen-bond donors (Lipinski definition) is 1. The average molecular weight is 355 g/mol. The zero-order valence-electron chi connectivity index (χ0n) is 16.4. The van der Waals surface area contributed by atoms with Crippen molar-refractivity contribution in [3.63, 3.8) is 0 Å². The second kappa shape index (κ2) is 7.74. The number of hydrogen-bond acceptors (Lipinski definition) is 2. The smallest absolute Gasteiger partial charge is 0.0833 e. The van der Waals surface area contributed by atoms with Gasteiger partial charge in [0.1, 0.15) is 0 Å². The first kappa shape index (κ1) is 18.1. The van der Waals surface area contributed by atoms with Crippen molar-refractivity contribution < 1.29 is 5.11 Å². The third kappa shape index (κ3) is 3.44. The lowest BCUT2D eigenvalue weighted by atomic mass is 9.79. The minimum absolute atomic E-state index is 0.133. The summed E-state index contributed by atoms with van der Waals surface area (Å²) in [6.45, 7) is 7.32. The summed E-state index contributed by atoms with van der Waals surface area (Å²) in [5, 5.41) is 11.1. The number of aliphatic hydroxyl groups is 1. The molecule has 26 heavy (non-hydrogen) atoms. The monoisotopic (exact) mass is 354 g/mol. The summed E-state index contributed by atoms with van der Waals surface area (Å²) in [5.74, 6) is 1.79. The van der Waals surface area contributed by atoms with Gasteiger partial charge in [0.15, 0.2) is 0 Å². The van der Waals surface area contributed by atoms with Crippen LogP contribution in [0.25, 0.3) is 10.9 Å². The maximum Gasteiger partial charge on any atom is 0.0833 e. The number of fused-ring (bicyclic) bond motifs is 1. The van der Waals surface area contributed by atoms with E-state index in [1.807, 2.05) is 0 Å². The van der Waals surface area contributed by atoms with Gasteiger partial charge >= 0.3 is 0 Å². The van der Waals surface area contributed by atoms with Gasteiger partial charge in [-0.2, -0.15) is 0 Å². The quantitative estimate of drug-likeness (QED) is 0.838. The van der Waals surface area contributed by atoms with Crippen LogP contribution in [0.4, 0.5) is 0 Å². The van der Waals surface area contributed by atoms with E-state index in [4.69, 9.17) is 0 Å². The molecule has 0 radical (unpaired) electrons. The summed E-state index contributed by atoms with van der Waals surface area (Å²) in [4.78, 5) is 2.76. The zero-order valence-corrected chi connectivity index (χ0v) is 16.4. The van der Waals surface area contributed by atoms with Crippen LogP contribution in [0.3, 0.4) is 0 Å². The number of nitrogens with zero attached hydrogens (tertiary/aromatic N) is 2. The first-order chi connectivity index (χ1) is 12.7. The largest absolute Gasteiger partial charge is 0.390 e. The van der Waals surface area contributed by atoms with Crippen LogP contribution >= 0.6 is 0 Å². The molecule has 0 amide bonds. The number of para-hydroxylation sites is 1. The zero-order chi connectivity index (χ0) is 18.1. The Morgan fingerprint density at radius 2 is 1.65 bits per heavy atom. The van der Waals surface area contributed by atoms with E-state index >= 15 is 0 Å². The number of likely N-dealkylation sites (tertiary alicyclic amines) is 1. The molecule has 2 aliphatic rings. The van der Waals surface area contributed by atoms with E-state index < -0.39 is 0 Å². The molecule has 142 valence electrons. The van der Waals surface area contributed by atoms with Gasteiger partial charge < -0.3 is 14.6 Å². The molecule has 3 nitrogen and oxygen atoms in total. The van der Waals surface area contributed by atoms with Gasteiger partial charge in [-0.3, -0.25) is 0 Å². The fourth-order valence-electron chi connectivity index (χ4n) is 5.43. The highest BCUT2D eigenvalue weighted by Crippen LogP contribution is 2.36. The van der Waals surface area contributed by atoms with Crippen LogP contribution < -0.4 is 0 Å². The predicted octanol–water partition coefficient (Wildman–Crippen LogP) is 4.99. The Labute approximate surface area is 158 Å². The van der Waals surface area contributed by atoms with E-state index in [9.17, 15) is 5.11 Å². The Morgan fingerprint density at radius 3 is 2.31 bits per heavy atom. The Kier molecular flexibility index (Phi) is 5.37. The maximum absolute atomic E-state index is 9.84. The van der Waals surface area contributed by atoms with Crippen molar-refractivity contribution in [2.45, 2.75) is 71.1 Å². The second-order valence-corrected chi connectivity index (χ2v) is 8.80. The van der Waals surface area contributed by atoms with Gasteiger partial charge in [0.05, 0.1) is 6.61 Å². The van der Waals surface area contributed by atoms with Gasteiger partial charge in [-0.1, -0.05) is 32.0 Å². The Morgan fingerprint density at radius 1 is 0.962 bits per heavy atom. The summed E-state index contributed by atoms with van der Waals surface area (Å²) in [7, 11) is 0. The highest BCUT2D eigenvalue weighted by molar-refractivity contribution is 5.81. The lowest BCUT2D eigenvalue weighted by Gasteiger charge is -2.42. The molecule has 2 fully saturated rings. The number of benzene rings is 1. The molecule has 0 unspecified atom stereocenters. The van der Waals surface area contributed by atoms with Gasteiger partial charge in [-0.15, -0.1) is 0 Å². The van der Waals surface area contributed by atoms with Crippen molar-refractivity contribution in [3.8, 4) is 0 Å². The normalized spacial score (nSPS) is 26.0. The minimum atomic E-state index is 0.133. The standard InChI is InChI=1S/C23H34N2O/c1-17(2)18-7-9-20(10-8-18)24-13-11-21(12-14-24)25-22(16-26)15-19-5-3-4-6-23(19)25/h3-6,15,17-18,20-21,26H,7-14,16H2,1-2H3. The number of rotatable bonds is 4. The molecule has 1 N–H and O–H groups in total. The summed E-state index contributed by atoms with van der Waals surface area (Å²) in [5.41, 5.74) is 2.36. The van der Waals surface area contributed by atoms with Crippen LogP contribution in [0, 0.1) is 11.8 Å². The van der Waals surface area contributed by atoms with E-state index in [-0.39, 0.29) is 6.61 Å². The predicted molar refractivity (Wildman–Crippen MR) is 108 cm³/mol. The molecule has 2 aromatic rings. The van der Waals surface area contributed by atoms with Crippen LogP contribution in [0.2, 0.25) is 0 Å². The van der Waals surface area contributed by atoms with E-state index in [1.54, 1.807) is 0 Å². The Balaban J connectivity index is 1.42. The van der Waals surface area contributed by atoms with Crippen LogP contribution in [0.1, 0.15) is 64.1 Å². The molecule has 0 spiro atoms. The molecule has 0 atom stereocenters. The highest BCUT2D eigenvalue weighted by Gasteiger charge is 2.31. The summed E-state index contributed by atoms with van der Waals surface area (Å²) < 4.78 is 2.42. The van der Waals surface area contributed by atoms with Crippen LogP contribution in [-0.2, 0) is 6.61 Å². The topological polar surface area (TPSA) is 28.4 Å². The lowest BCUT2D eigenvalue weighted by Crippen LogP contribution is -2.44. The average Bonchev–Trinajstić information content (AvgIpc) is 3.07. The van der Waals surface area contributed by atoms with Crippen molar-refractivity contribution in [2.24, 2.45) is 11.8 Å². The highest BCUT2D eigenvalue weighted by atomic mass is 16.3. The SMILES string of the molecule is CC(C)C1CCC(N2CCC(n3c(CO)cc4ccccc43)CC2)CC1. The van der Waals surface area contributed by atoms with Crippen molar-refractivity contribution >= 4 is 10.9 Å². The molecule has 1 saturated carbocycles. The third-order valence-electron chi connectivity index (χ3n) is 7.05. The molecule has 1 aromatic heterocycles. The van der Waals surface area contributed by atoms with E-state index in [2.05, 4.69) is 53.6 Å². The van der Waals surface area contributed by atoms with E-state index in [1.165, 1.54) is 62.5 Å². The van der Waals surface area contributed by atoms with Gasteiger partial charge in [0, 0.05) is 36.4 Å². The minimum Gasteiger partial charge on any atom is -0.390 e. The third-order valence-corrected chi connectivity index (χ3v) is 7.05. The van der Waals surface area contributed by atoms with Crippen molar-refractivity contribution in [1.82, 2.24) is 9.47 Å². The molecule has 0 bridgehead atoms. The van der Waals surface area contributed by atoms with Crippen molar-refractivity contribution in [2.75, 3.05) is 13.1 Å². The van der Waals surface area contributed by atoms with Crippen molar-refractivity contribution in [3.05, 3.63) is 36.0 Å². The van der Waals surface area contributed by atoms with Gasteiger partial charge in [0.2, 0.25) is 0 Å². The number of aliphatic hydroxyl groups excluding tert-OH is 1. The summed E-state index contributed by atoms with van der Waals surface area (Å²) in [6.07, 6.45) is 8.02. The molecule has 2 heterocycles. The Bertz CT molecular complexity index is 719. The molecule has 1 saturated heterocycles. The molecular formula is C23H34N2O. The van der Waals surface area contributed by atoms with Gasteiger partial charge in [-0.05, 0) is 67.9 Å². The van der Waals surface area contributed by atoms with Crippen LogP contribution in [-0.4, -0.2) is 33.7 Å². The molecule has 3 heteroatoms. The van der Waals surface area contributed by atoms with Gasteiger partial charge in [-0.25, -0.2) is 0 Å². The molecule has 1 aromatic carbocycles. The molecule has 1 aliphatic carbocycles. The molecule has 4 rings (SSSR count). The fourth-order valence-corrected chi connectivity index (χ4v) is 5.43. The van der Waals surface area contributed by atoms with E-state index in [0.717, 1.165) is 23.6 Å². The second-order valence-electron chi connectivity index (χ2n) is 8.80. The maximum atomic E-state index is 9.84. The van der Waals surface area contributed by atoms with E-state index in [0.29, 0.717) is 6.04 Å². The van der Waals surface area contributed by atoms with Crippen LogP contribution in [0.5, 0.6) is 0 Å². The van der Waals surface area contributed by atoms with Crippen LogP contribution in [0.15, 0.2) is 30.3 Å². The fraction of sp³-hybridized carbons (Fsp3) is 0.652. The summed E-state index contributed by atoms with van der Waals surface area (Å²) in [6, 6.07) is 12.1. The first-order valence-electron chi connectivity index (χ1n) is 10.6. The number of piperidine rings is 1. The Hall–Kier alpha value is -1.32. The lowest BCUT2D eigenvalue weighted by molar-refractivity contribution is 0.0882. The molecular weight excluding hydrogens is 320 g/mol. The summed E-state index contributed by atoms with van der Waals surface area (Å²) >= 11 is 0. The number of aromatic nitrogens is 1. The first-order valence-corrected chi connectivity index (χ1v) is 10.6.